The quantitative estimate of drug-likeness (QED) is 0.384. The average Bonchev–Trinajstić information content (AvgIpc) is 2.88. The van der Waals surface area contributed by atoms with E-state index in [1.807, 2.05) is 12.1 Å². The van der Waals surface area contributed by atoms with Crippen molar-refractivity contribution in [2.24, 2.45) is 0 Å². The number of aromatic nitrogens is 2. The lowest BCUT2D eigenvalue weighted by atomic mass is 10.3. The largest absolute Gasteiger partial charge is 0.399 e. The van der Waals surface area contributed by atoms with Crippen LogP contribution in [-0.4, -0.2) is 22.4 Å². The van der Waals surface area contributed by atoms with Crippen LogP contribution in [0.25, 0.3) is 5.69 Å². The Hall–Kier alpha value is -2.83. The van der Waals surface area contributed by atoms with Crippen LogP contribution >= 0.6 is 0 Å². The number of nitrogens with one attached hydrogen (secondary N) is 2. The Labute approximate surface area is 109 Å². The van der Waals surface area contributed by atoms with Gasteiger partial charge < -0.3 is 20.9 Å². The Balaban J connectivity index is 2.37. The summed E-state index contributed by atoms with van der Waals surface area (Å²) in [5.41, 5.74) is 7.11. The molecule has 0 unspecified atom stereocenters. The molecule has 0 fully saturated rings. The Morgan fingerprint density at radius 2 is 1.79 bits per heavy atom. The van der Waals surface area contributed by atoms with Crippen LogP contribution in [0.5, 0.6) is 0 Å². The van der Waals surface area contributed by atoms with Gasteiger partial charge in [-0.1, -0.05) is 0 Å². The fraction of sp³-hybridized carbons (Fsp3) is 0.0833. The van der Waals surface area contributed by atoms with Crippen molar-refractivity contribution >= 4 is 18.5 Å². The highest BCUT2D eigenvalue weighted by Gasteiger charge is 2.16. The van der Waals surface area contributed by atoms with Crippen molar-refractivity contribution in [3.63, 3.8) is 0 Å². The number of amides is 2. The van der Waals surface area contributed by atoms with Gasteiger partial charge in [0, 0.05) is 23.8 Å². The van der Waals surface area contributed by atoms with Crippen LogP contribution in [0, 0.1) is 0 Å². The molecule has 2 rings (SSSR count). The number of carbonyl (C=O) groups is 2. The van der Waals surface area contributed by atoms with E-state index in [0.29, 0.717) is 24.3 Å². The molecule has 2 amide bonds. The minimum absolute atomic E-state index is 0.490. The standard InChI is InChI=1S/C12H13N5O2/c13-9-1-3-10(4-2-9)17-6-5-14-12(17)11(15-7-18)16-8-19/h1-8,11H,13H2,(H,15,18)(H,16,19). The number of carbonyl (C=O) groups excluding carboxylic acids is 2. The van der Waals surface area contributed by atoms with Crippen molar-refractivity contribution in [3.8, 4) is 5.69 Å². The molecule has 19 heavy (non-hydrogen) atoms. The minimum Gasteiger partial charge on any atom is -0.399 e. The number of hydrogen-bond acceptors (Lipinski definition) is 4. The summed E-state index contributed by atoms with van der Waals surface area (Å²) in [6.45, 7) is 0. The van der Waals surface area contributed by atoms with Crippen LogP contribution in [0.1, 0.15) is 12.0 Å². The Kier molecular flexibility index (Phi) is 3.77. The summed E-state index contributed by atoms with van der Waals surface area (Å²) in [6.07, 6.45) is 3.62. The van der Waals surface area contributed by atoms with E-state index in [0.717, 1.165) is 5.69 Å². The highest BCUT2D eigenvalue weighted by molar-refractivity contribution is 5.52. The number of nitrogen functional groups attached to an aromatic ring is 1. The number of imidazole rings is 1. The van der Waals surface area contributed by atoms with E-state index in [1.165, 1.54) is 0 Å². The maximum absolute atomic E-state index is 10.6. The molecule has 0 aliphatic carbocycles. The Morgan fingerprint density at radius 3 is 2.37 bits per heavy atom. The van der Waals surface area contributed by atoms with Crippen molar-refractivity contribution in [1.82, 2.24) is 20.2 Å². The zero-order valence-corrected chi connectivity index (χ0v) is 9.98. The first-order valence-electron chi connectivity index (χ1n) is 5.55. The molecule has 7 heteroatoms. The molecule has 0 radical (unpaired) electrons. The van der Waals surface area contributed by atoms with Gasteiger partial charge >= 0.3 is 0 Å². The summed E-state index contributed by atoms with van der Waals surface area (Å²) >= 11 is 0. The van der Waals surface area contributed by atoms with Crippen molar-refractivity contribution in [1.29, 1.82) is 0 Å². The van der Waals surface area contributed by atoms with Gasteiger partial charge in [-0.05, 0) is 24.3 Å². The monoisotopic (exact) mass is 259 g/mol. The number of benzene rings is 1. The molecule has 2 aromatic rings. The van der Waals surface area contributed by atoms with Crippen molar-refractivity contribution in [3.05, 3.63) is 42.5 Å². The van der Waals surface area contributed by atoms with Crippen molar-refractivity contribution in [2.45, 2.75) is 6.17 Å². The molecule has 98 valence electrons. The molecule has 0 bridgehead atoms. The lowest BCUT2D eigenvalue weighted by Gasteiger charge is -2.16. The van der Waals surface area contributed by atoms with Crippen molar-refractivity contribution in [2.75, 3.05) is 5.73 Å². The van der Waals surface area contributed by atoms with E-state index in [2.05, 4.69) is 15.6 Å². The molecular weight excluding hydrogens is 246 g/mol. The van der Waals surface area contributed by atoms with Crippen LogP contribution in [0.4, 0.5) is 5.69 Å². The molecule has 4 N–H and O–H groups in total. The van der Waals surface area contributed by atoms with E-state index in [-0.39, 0.29) is 0 Å². The van der Waals surface area contributed by atoms with Crippen LogP contribution in [0.3, 0.4) is 0 Å². The van der Waals surface area contributed by atoms with Gasteiger partial charge in [-0.25, -0.2) is 4.98 Å². The van der Waals surface area contributed by atoms with Gasteiger partial charge in [0.2, 0.25) is 12.8 Å². The average molecular weight is 259 g/mol. The maximum Gasteiger partial charge on any atom is 0.209 e. The van der Waals surface area contributed by atoms with E-state index in [4.69, 9.17) is 5.73 Å². The summed E-state index contributed by atoms with van der Waals surface area (Å²) < 4.78 is 1.75. The highest BCUT2D eigenvalue weighted by atomic mass is 16.1. The molecule has 0 atom stereocenters. The van der Waals surface area contributed by atoms with E-state index in [1.54, 1.807) is 29.1 Å². The number of hydrogen-bond donors (Lipinski definition) is 3. The van der Waals surface area contributed by atoms with Crippen LogP contribution < -0.4 is 16.4 Å². The normalized spacial score (nSPS) is 10.2. The van der Waals surface area contributed by atoms with Gasteiger partial charge in [0.05, 0.1) is 0 Å². The Morgan fingerprint density at radius 1 is 1.16 bits per heavy atom. The van der Waals surface area contributed by atoms with E-state index < -0.39 is 6.17 Å². The second-order valence-corrected chi connectivity index (χ2v) is 3.75. The molecule has 0 saturated carbocycles. The molecule has 1 aromatic carbocycles. The summed E-state index contributed by atoms with van der Waals surface area (Å²) in [5, 5.41) is 4.95. The number of rotatable bonds is 6. The molecule has 0 spiro atoms. The summed E-state index contributed by atoms with van der Waals surface area (Å²) in [7, 11) is 0. The molecular formula is C12H13N5O2. The predicted octanol–water partition coefficient (Wildman–Crippen LogP) is -0.0549. The summed E-state index contributed by atoms with van der Waals surface area (Å²) in [5.74, 6) is 0.490. The molecule has 1 aromatic heterocycles. The van der Waals surface area contributed by atoms with Crippen molar-refractivity contribution < 1.29 is 9.59 Å². The second-order valence-electron chi connectivity index (χ2n) is 3.75. The number of anilines is 1. The Bertz CT molecular complexity index is 554. The molecule has 0 saturated heterocycles. The predicted molar refractivity (Wildman–Crippen MR) is 69.1 cm³/mol. The van der Waals surface area contributed by atoms with Gasteiger partial charge in [-0.2, -0.15) is 0 Å². The maximum atomic E-state index is 10.6. The molecule has 1 heterocycles. The number of nitrogens with two attached hydrogens (primary N) is 1. The first-order valence-corrected chi connectivity index (χ1v) is 5.55. The van der Waals surface area contributed by atoms with E-state index >= 15 is 0 Å². The first kappa shape index (κ1) is 12.6. The second kappa shape index (κ2) is 5.67. The minimum atomic E-state index is -0.692. The molecule has 0 aliphatic heterocycles. The lowest BCUT2D eigenvalue weighted by Crippen LogP contribution is -2.34. The third kappa shape index (κ3) is 2.71. The van der Waals surface area contributed by atoms with Gasteiger partial charge in [0.1, 0.15) is 0 Å². The van der Waals surface area contributed by atoms with Crippen LogP contribution in [-0.2, 0) is 9.59 Å². The smallest absolute Gasteiger partial charge is 0.209 e. The highest BCUT2D eigenvalue weighted by Crippen LogP contribution is 2.16. The van der Waals surface area contributed by atoms with Gasteiger partial charge in [-0.3, -0.25) is 9.59 Å². The lowest BCUT2D eigenvalue weighted by molar-refractivity contribution is -0.112. The summed E-state index contributed by atoms with van der Waals surface area (Å²) in [4.78, 5) is 25.3. The first-order chi connectivity index (χ1) is 9.26. The molecule has 0 aliphatic rings. The van der Waals surface area contributed by atoms with Gasteiger partial charge in [0.15, 0.2) is 12.0 Å². The van der Waals surface area contributed by atoms with Crippen LogP contribution in [0.2, 0.25) is 0 Å². The zero-order chi connectivity index (χ0) is 13.7. The molecule has 7 nitrogen and oxygen atoms in total. The van der Waals surface area contributed by atoms with E-state index in [9.17, 15) is 9.59 Å². The zero-order valence-electron chi connectivity index (χ0n) is 9.98. The topological polar surface area (TPSA) is 102 Å². The fourth-order valence-electron chi connectivity index (χ4n) is 1.72. The van der Waals surface area contributed by atoms with Crippen LogP contribution in [0.15, 0.2) is 36.7 Å². The van der Waals surface area contributed by atoms with Gasteiger partial charge in [-0.15, -0.1) is 0 Å². The number of nitrogens with zero attached hydrogens (tertiary/aromatic N) is 2. The third-order valence-electron chi connectivity index (χ3n) is 2.57. The third-order valence-corrected chi connectivity index (χ3v) is 2.57. The van der Waals surface area contributed by atoms with Gasteiger partial charge in [0.25, 0.3) is 0 Å². The SMILES string of the molecule is Nc1ccc(-n2ccnc2C(NC=O)NC=O)cc1. The fourth-order valence-corrected chi connectivity index (χ4v) is 1.72. The summed E-state index contributed by atoms with van der Waals surface area (Å²) in [6, 6.07) is 7.15.